The van der Waals surface area contributed by atoms with Gasteiger partial charge in [0.1, 0.15) is 108 Å². The number of imidazole rings is 6. The number of benzene rings is 3. The maximum Gasteiger partial charge on any atom is 0.167 e. The van der Waals surface area contributed by atoms with Gasteiger partial charge in [-0.05, 0) is 207 Å². The molecule has 0 radical (unpaired) electrons. The second-order valence-electron chi connectivity index (χ2n) is 35.6. The highest BCUT2D eigenvalue weighted by Gasteiger charge is 2.51. The van der Waals surface area contributed by atoms with Crippen molar-refractivity contribution in [3.05, 3.63) is 127 Å². The van der Waals surface area contributed by atoms with Crippen LogP contribution >= 0.6 is 0 Å². The summed E-state index contributed by atoms with van der Waals surface area (Å²) in [6, 6.07) is 23.5. The van der Waals surface area contributed by atoms with Crippen LogP contribution in [-0.4, -0.2) is 247 Å². The van der Waals surface area contributed by atoms with Gasteiger partial charge >= 0.3 is 0 Å². The number of aliphatic hydroxyl groups is 6. The molecule has 6 aliphatic carbocycles. The van der Waals surface area contributed by atoms with Crippen LogP contribution in [0.25, 0.3) is 66.6 Å². The molecule has 9 aliphatic rings. The normalized spacial score (nSPS) is 29.1. The van der Waals surface area contributed by atoms with Gasteiger partial charge in [0.15, 0.2) is 53.1 Å². The van der Waals surface area contributed by atoms with Gasteiger partial charge in [-0.15, -0.1) is 0 Å². The number of hydrogen-bond acceptors (Lipinski definition) is 28. The minimum absolute atomic E-state index is 0.255. The van der Waals surface area contributed by atoms with E-state index >= 15 is 0 Å². The SMILES string of the molecule is CC(C)N(C[C@H]1O[C@@H](n2cnc3c(N)ncnc32)[C@H](O)[C@@H]1O)C1CC(CCc2nc3ccc(C4(C#N)CC4)cc3[nH]2)C1.CN(C[C@H]1O[C@@H](n2cnc3c(N)ncnc32)[C@H](O)[C@@H]1O)C1CC(CCc2nc3ccc(C4CC4)cc3[nH]2)C1.CN(C[C@H]1O[C@@H](n2cnc3c(N)ncnc32)[C@H](O)[C@@H]1O)C1CC(CCc2nc3ccc(C4CCC4)cc3[nH]2)C1. The number of nitrogens with one attached hydrogen (secondary N) is 3. The van der Waals surface area contributed by atoms with Gasteiger partial charge in [0.05, 0.1) is 63.6 Å². The molecule has 626 valence electrons. The van der Waals surface area contributed by atoms with Gasteiger partial charge in [-0.25, -0.2) is 59.8 Å². The number of aromatic nitrogens is 18. The Bertz CT molecular complexity index is 5670. The van der Waals surface area contributed by atoms with Gasteiger partial charge in [0.25, 0.3) is 0 Å². The first-order chi connectivity index (χ1) is 57.6. The number of nitrogens with two attached hydrogens (primary N) is 3. The summed E-state index contributed by atoms with van der Waals surface area (Å²) in [6.45, 7) is 5.90. The molecule has 9 fully saturated rings. The molecule has 9 aromatic heterocycles. The van der Waals surface area contributed by atoms with E-state index in [1.165, 1.54) is 81.2 Å². The highest BCUT2D eigenvalue weighted by atomic mass is 16.6. The third kappa shape index (κ3) is 15.5. The monoisotopic (exact) mass is 1620 g/mol. The quantitative estimate of drug-likeness (QED) is 0.0268. The van der Waals surface area contributed by atoms with Crippen molar-refractivity contribution in [3.63, 3.8) is 0 Å². The van der Waals surface area contributed by atoms with Crippen LogP contribution in [0.4, 0.5) is 17.5 Å². The first-order valence-corrected chi connectivity index (χ1v) is 42.5. The smallest absolute Gasteiger partial charge is 0.167 e. The van der Waals surface area contributed by atoms with Crippen LogP contribution in [0, 0.1) is 29.1 Å². The lowest BCUT2D eigenvalue weighted by Crippen LogP contribution is -2.52. The predicted octanol–water partition coefficient (Wildman–Crippen LogP) is 7.22. The Balaban J connectivity index is 0.000000118. The molecule has 12 heterocycles. The fourth-order valence-corrected chi connectivity index (χ4v) is 19.3. The van der Waals surface area contributed by atoms with Crippen LogP contribution in [0.2, 0.25) is 0 Å². The molecule has 21 rings (SSSR count). The summed E-state index contributed by atoms with van der Waals surface area (Å²) in [4.78, 5) is 69.3. The van der Waals surface area contributed by atoms with Crippen molar-refractivity contribution in [2.45, 2.75) is 251 Å². The van der Waals surface area contributed by atoms with Crippen molar-refractivity contribution < 1.29 is 44.8 Å². The number of anilines is 3. The van der Waals surface area contributed by atoms with E-state index in [1.807, 2.05) is 12.1 Å². The van der Waals surface area contributed by atoms with E-state index in [1.54, 1.807) is 13.7 Å². The van der Waals surface area contributed by atoms with Crippen molar-refractivity contribution in [1.82, 2.24) is 103 Å². The van der Waals surface area contributed by atoms with Crippen molar-refractivity contribution in [3.8, 4) is 6.07 Å². The molecule has 3 saturated heterocycles. The van der Waals surface area contributed by atoms with Gasteiger partial charge in [0.2, 0.25) is 0 Å². The lowest BCUT2D eigenvalue weighted by molar-refractivity contribution is -0.0620. The van der Waals surface area contributed by atoms with E-state index in [-0.39, 0.29) is 28.9 Å². The molecule has 0 spiro atoms. The first-order valence-electron chi connectivity index (χ1n) is 42.5. The molecule has 34 heteroatoms. The van der Waals surface area contributed by atoms with Crippen LogP contribution in [0.3, 0.4) is 0 Å². The number of ether oxygens (including phenoxy) is 3. The number of H-pyrrole nitrogens is 3. The van der Waals surface area contributed by atoms with Gasteiger partial charge < -0.3 is 86.8 Å². The molecule has 12 aromatic rings. The molecule has 0 amide bonds. The maximum atomic E-state index is 10.9. The third-order valence-electron chi connectivity index (χ3n) is 27.5. The number of nitrogen functional groups attached to an aromatic ring is 3. The van der Waals surface area contributed by atoms with Crippen molar-refractivity contribution in [1.29, 1.82) is 5.26 Å². The lowest BCUT2D eigenvalue weighted by Gasteiger charge is -2.46. The average Bonchev–Trinajstić information content (AvgIpc) is 1.60. The van der Waals surface area contributed by atoms with Crippen LogP contribution in [-0.2, 0) is 38.9 Å². The average molecular weight is 1620 g/mol. The Hall–Kier alpha value is -9.87. The number of nitriles is 1. The molecule has 3 aromatic carbocycles. The summed E-state index contributed by atoms with van der Waals surface area (Å²) in [5.41, 5.74) is 30.5. The first kappa shape index (κ1) is 78.9. The molecule has 12 atom stereocenters. The van der Waals surface area contributed by atoms with E-state index in [0.29, 0.717) is 89.0 Å². The summed E-state index contributed by atoms with van der Waals surface area (Å²) >= 11 is 0. The molecule has 0 unspecified atom stereocenters. The number of likely N-dealkylation sites (N-methyl/N-ethyl adjacent to an activating group) is 2. The van der Waals surface area contributed by atoms with Crippen molar-refractivity contribution in [2.75, 3.05) is 50.9 Å². The maximum absolute atomic E-state index is 10.9. The van der Waals surface area contributed by atoms with Gasteiger partial charge in [-0.2, -0.15) is 5.26 Å². The Kier molecular flexibility index (Phi) is 21.4. The fraction of sp³-hybridized carbons (Fsp3) is 0.565. The summed E-state index contributed by atoms with van der Waals surface area (Å²) in [5, 5.41) is 74.4. The van der Waals surface area contributed by atoms with Gasteiger partial charge in [-0.1, -0.05) is 24.6 Å². The summed E-state index contributed by atoms with van der Waals surface area (Å²) in [7, 11) is 4.13. The Labute approximate surface area is 686 Å². The molecule has 6 saturated carbocycles. The van der Waals surface area contributed by atoms with Gasteiger partial charge in [-0.3, -0.25) is 18.6 Å². The lowest BCUT2D eigenvalue weighted by atomic mass is 9.76. The number of aryl methyl sites for hydroxylation is 3. The molecule has 119 heavy (non-hydrogen) atoms. The highest BCUT2D eigenvalue weighted by Crippen LogP contribution is 2.49. The van der Waals surface area contributed by atoms with E-state index in [2.05, 4.69) is 151 Å². The summed E-state index contributed by atoms with van der Waals surface area (Å²) < 4.78 is 23.3. The van der Waals surface area contributed by atoms with E-state index in [9.17, 15) is 35.9 Å². The number of aromatic amines is 3. The number of aliphatic hydroxyl groups excluding tert-OH is 6. The number of fused-ring (bicyclic) bond motifs is 6. The molecule has 0 bridgehead atoms. The number of nitrogens with zero attached hydrogens (tertiary/aromatic N) is 19. The van der Waals surface area contributed by atoms with E-state index in [0.717, 1.165) is 158 Å². The van der Waals surface area contributed by atoms with Crippen LogP contribution in [0.15, 0.2) is 92.6 Å². The van der Waals surface area contributed by atoms with Crippen molar-refractivity contribution in [2.24, 2.45) is 17.8 Å². The minimum atomic E-state index is -1.12. The molecule has 15 N–H and O–H groups in total. The Morgan fingerprint density at radius 2 is 0.849 bits per heavy atom. The number of rotatable bonds is 25. The third-order valence-corrected chi connectivity index (χ3v) is 27.5. The molecular weight excluding hydrogens is 1520 g/mol. The molecule has 34 nitrogen and oxygen atoms in total. The van der Waals surface area contributed by atoms with E-state index in [4.69, 9.17) is 46.4 Å². The predicted molar refractivity (Wildman–Crippen MR) is 442 cm³/mol. The van der Waals surface area contributed by atoms with Crippen LogP contribution in [0.5, 0.6) is 0 Å². The largest absolute Gasteiger partial charge is 0.387 e. The molecule has 3 aliphatic heterocycles. The van der Waals surface area contributed by atoms with Gasteiger partial charge in [0, 0.05) is 63.1 Å². The molecular formula is C85H107N25O9. The minimum Gasteiger partial charge on any atom is -0.387 e. The zero-order chi connectivity index (χ0) is 81.8. The van der Waals surface area contributed by atoms with Crippen LogP contribution < -0.4 is 17.2 Å². The second kappa shape index (κ2) is 32.3. The Morgan fingerprint density at radius 1 is 0.479 bits per heavy atom. The zero-order valence-electron chi connectivity index (χ0n) is 67.5. The fourth-order valence-electron chi connectivity index (χ4n) is 19.3. The summed E-state index contributed by atoms with van der Waals surface area (Å²) in [5.74, 6) is 7.33. The Morgan fingerprint density at radius 3 is 1.21 bits per heavy atom. The topological polar surface area (TPSA) is 477 Å². The number of hydrogen-bond donors (Lipinski definition) is 12. The van der Waals surface area contributed by atoms with E-state index < -0.39 is 73.6 Å². The highest BCUT2D eigenvalue weighted by molar-refractivity contribution is 5.83. The zero-order valence-corrected chi connectivity index (χ0v) is 67.5. The standard InChI is InChI=1S/C30H37N9O3.C28H36N8O3.C27H34N8O3/c1-16(2)38(12-22-25(40)26(41)29(42-22)39-15-35-24-27(32)33-14-34-28(24)39)19-9-17(10-19)3-6-23-36-20-5-4-18(11-21(20)37-23)30(13-31)7-8-30;1-35(12-21-24(37)25(38)28(39-21)36-14-32-23-26(29)30-13-31-27(23)36)18-9-15(10-18)5-8-22-33-19-7-6-17(11-20(19)34-22)16-3-2-4-16;1-34(11-20-23(36)24(37)27(38-20)35-13-31-22-25(28)29-12-30-26(22)35)17-8-14(9-17)2-7-21-32-18-6-5-16(15-3-4-15)10-19(18)33-21/h4-5,11,14-17,19,22,25-26,29,40-41H,3,6-10,12H2,1-2H3,(H,36,37)(H2,32,33,34);6-7,11,13-16,18,21,24-25,28,37-38H,2-5,8-10,12H2,1H3,(H,33,34)(H2,29,30,31);5-6,10,12-15,17,20,23-24,27,36-37H,2-4,7-9,11H2,1H3,(H,32,33)(H2,28,29,30)/t17?,19?,22-,25-,26-,29-;15?,18?,21-,24-,25-,28-;14?,17?,20-,23-,24-,27-/m111/s1. The second-order valence-corrected chi connectivity index (χ2v) is 35.6. The van der Waals surface area contributed by atoms with Crippen molar-refractivity contribution >= 4 is 84.0 Å². The summed E-state index contributed by atoms with van der Waals surface area (Å²) in [6.07, 6.45) is 19.4. The van der Waals surface area contributed by atoms with Crippen LogP contribution in [0.1, 0.15) is 181 Å².